The van der Waals surface area contributed by atoms with Gasteiger partial charge in [0.15, 0.2) is 11.5 Å². The van der Waals surface area contributed by atoms with Crippen molar-refractivity contribution < 1.29 is 5.11 Å². The van der Waals surface area contributed by atoms with Crippen LogP contribution in [0.3, 0.4) is 0 Å². The molecule has 2 aromatic heterocycles. The molecule has 0 saturated carbocycles. The lowest BCUT2D eigenvalue weighted by Crippen LogP contribution is -2.18. The van der Waals surface area contributed by atoms with Gasteiger partial charge in [-0.1, -0.05) is 42.5 Å². The van der Waals surface area contributed by atoms with E-state index in [9.17, 15) is 5.11 Å². The Bertz CT molecular complexity index is 1010. The first kappa shape index (κ1) is 15.1. The Morgan fingerprint density at radius 3 is 2.56 bits per heavy atom. The summed E-state index contributed by atoms with van der Waals surface area (Å²) in [5.41, 5.74) is 3.15. The first-order chi connectivity index (χ1) is 12.2. The van der Waals surface area contributed by atoms with E-state index in [0.29, 0.717) is 17.0 Å². The van der Waals surface area contributed by atoms with Crippen molar-refractivity contribution in [3.8, 4) is 17.1 Å². The number of anilines is 1. The van der Waals surface area contributed by atoms with Crippen LogP contribution in [0.2, 0.25) is 0 Å². The number of nitrogens with zero attached hydrogens (tertiary/aromatic N) is 4. The molecule has 0 atom stereocenters. The zero-order chi connectivity index (χ0) is 17.2. The molecule has 6 heteroatoms. The van der Waals surface area contributed by atoms with Crippen LogP contribution in [0.1, 0.15) is 5.56 Å². The number of phenols is 1. The summed E-state index contributed by atoms with van der Waals surface area (Å²) in [6, 6.07) is 17.3. The van der Waals surface area contributed by atoms with Crippen molar-refractivity contribution in [2.24, 2.45) is 0 Å². The van der Waals surface area contributed by atoms with Crippen LogP contribution in [0.15, 0.2) is 60.9 Å². The summed E-state index contributed by atoms with van der Waals surface area (Å²) >= 11 is 0. The van der Waals surface area contributed by atoms with Crippen molar-refractivity contribution in [2.75, 3.05) is 11.9 Å². The quantitative estimate of drug-likeness (QED) is 0.599. The average molecular weight is 331 g/mol. The topological polar surface area (TPSA) is 77.9 Å². The fourth-order valence-corrected chi connectivity index (χ4v) is 2.84. The molecule has 0 spiro atoms. The smallest absolute Gasteiger partial charge is 0.183 e. The van der Waals surface area contributed by atoms with Crippen LogP contribution in [0.5, 0.6) is 5.75 Å². The summed E-state index contributed by atoms with van der Waals surface area (Å²) in [5.74, 6) is 1.51. The number of hydrogen-bond donors (Lipinski definition) is 2. The van der Waals surface area contributed by atoms with E-state index in [1.54, 1.807) is 12.1 Å². The number of fused-ring (bicyclic) bond motifs is 1. The summed E-state index contributed by atoms with van der Waals surface area (Å²) in [4.78, 5) is 18.5. The van der Waals surface area contributed by atoms with Gasteiger partial charge in [-0.3, -0.25) is 0 Å². The Morgan fingerprint density at radius 2 is 1.76 bits per heavy atom. The molecule has 0 aliphatic heterocycles. The minimum atomic E-state index is 0.175. The third-order valence-corrected chi connectivity index (χ3v) is 4.05. The van der Waals surface area contributed by atoms with Gasteiger partial charge in [0, 0.05) is 13.6 Å². The van der Waals surface area contributed by atoms with E-state index < -0.39 is 0 Å². The molecule has 6 nitrogen and oxygen atoms in total. The Balaban J connectivity index is 1.74. The van der Waals surface area contributed by atoms with E-state index in [1.165, 1.54) is 11.9 Å². The number of benzene rings is 2. The van der Waals surface area contributed by atoms with Crippen molar-refractivity contribution in [3.05, 3.63) is 66.5 Å². The highest BCUT2D eigenvalue weighted by Crippen LogP contribution is 2.30. The number of aromatic nitrogens is 4. The van der Waals surface area contributed by atoms with Crippen LogP contribution in [0.4, 0.5) is 5.82 Å². The molecule has 0 radical (unpaired) electrons. The zero-order valence-electron chi connectivity index (χ0n) is 13.7. The second-order valence-electron chi connectivity index (χ2n) is 5.84. The van der Waals surface area contributed by atoms with Crippen LogP contribution in [-0.2, 0) is 6.54 Å². The molecule has 4 rings (SSSR count). The van der Waals surface area contributed by atoms with E-state index in [0.717, 1.165) is 17.9 Å². The third kappa shape index (κ3) is 2.89. The van der Waals surface area contributed by atoms with Gasteiger partial charge in [0.25, 0.3) is 0 Å². The van der Waals surface area contributed by atoms with Crippen molar-refractivity contribution >= 4 is 17.0 Å². The number of imidazole rings is 1. The van der Waals surface area contributed by atoms with Gasteiger partial charge in [0.05, 0.1) is 5.56 Å². The Kier molecular flexibility index (Phi) is 3.78. The number of H-pyrrole nitrogens is 1. The van der Waals surface area contributed by atoms with E-state index in [-0.39, 0.29) is 5.75 Å². The normalized spacial score (nSPS) is 10.9. The number of aromatic hydroxyl groups is 1. The summed E-state index contributed by atoms with van der Waals surface area (Å²) < 4.78 is 0. The Hall–Kier alpha value is -3.41. The van der Waals surface area contributed by atoms with Gasteiger partial charge in [0.1, 0.15) is 23.4 Å². The summed E-state index contributed by atoms with van der Waals surface area (Å²) in [5, 5.41) is 10.1. The molecule has 2 N–H and O–H groups in total. The summed E-state index contributed by atoms with van der Waals surface area (Å²) in [6.07, 6.45) is 1.51. The van der Waals surface area contributed by atoms with Crippen molar-refractivity contribution in [1.29, 1.82) is 0 Å². The second kappa shape index (κ2) is 6.24. The predicted molar refractivity (Wildman–Crippen MR) is 97.3 cm³/mol. The molecule has 25 heavy (non-hydrogen) atoms. The molecule has 2 heterocycles. The molecule has 2 aromatic carbocycles. The number of para-hydroxylation sites is 1. The molecule has 0 bridgehead atoms. The van der Waals surface area contributed by atoms with Gasteiger partial charge in [0.2, 0.25) is 0 Å². The predicted octanol–water partition coefficient (Wildman–Crippen LogP) is 3.36. The molecule has 124 valence electrons. The average Bonchev–Trinajstić information content (AvgIpc) is 3.06. The van der Waals surface area contributed by atoms with Crippen molar-refractivity contribution in [3.63, 3.8) is 0 Å². The maximum absolute atomic E-state index is 10.1. The Morgan fingerprint density at radius 1 is 1.00 bits per heavy atom. The lowest BCUT2D eigenvalue weighted by Gasteiger charge is -2.18. The van der Waals surface area contributed by atoms with Gasteiger partial charge in [-0.15, -0.1) is 0 Å². The number of rotatable bonds is 4. The standard InChI is InChI=1S/C19H17N5O/c1-24(11-13-7-3-2-4-8-13)19-16-18(20-12-21-19)23-17(22-16)14-9-5-6-10-15(14)25/h2-10,12,25H,11H2,1H3,(H,20,21,22,23). The van der Waals surface area contributed by atoms with Crippen molar-refractivity contribution in [2.45, 2.75) is 6.54 Å². The van der Waals surface area contributed by atoms with E-state index in [2.05, 4.69) is 32.1 Å². The van der Waals surface area contributed by atoms with E-state index >= 15 is 0 Å². The third-order valence-electron chi connectivity index (χ3n) is 4.05. The molecule has 0 aliphatic rings. The van der Waals surface area contributed by atoms with Crippen LogP contribution >= 0.6 is 0 Å². The van der Waals surface area contributed by atoms with Gasteiger partial charge in [-0.2, -0.15) is 0 Å². The lowest BCUT2D eigenvalue weighted by atomic mass is 10.2. The molecule has 0 unspecified atom stereocenters. The largest absolute Gasteiger partial charge is 0.507 e. The van der Waals surface area contributed by atoms with E-state index in [4.69, 9.17) is 0 Å². The monoisotopic (exact) mass is 331 g/mol. The fraction of sp³-hybridized carbons (Fsp3) is 0.105. The first-order valence-electron chi connectivity index (χ1n) is 7.96. The molecule has 0 amide bonds. The maximum atomic E-state index is 10.1. The number of aromatic amines is 1. The molecule has 4 aromatic rings. The van der Waals surface area contributed by atoms with Gasteiger partial charge < -0.3 is 15.0 Å². The second-order valence-corrected chi connectivity index (χ2v) is 5.84. The molecule has 0 saturated heterocycles. The van der Waals surface area contributed by atoms with E-state index in [1.807, 2.05) is 42.3 Å². The lowest BCUT2D eigenvalue weighted by molar-refractivity contribution is 0.477. The molecule has 0 aliphatic carbocycles. The minimum Gasteiger partial charge on any atom is -0.507 e. The number of hydrogen-bond acceptors (Lipinski definition) is 5. The number of nitrogens with one attached hydrogen (secondary N) is 1. The van der Waals surface area contributed by atoms with Gasteiger partial charge in [-0.25, -0.2) is 15.0 Å². The van der Waals surface area contributed by atoms with Crippen LogP contribution in [0, 0.1) is 0 Å². The number of phenolic OH excluding ortho intramolecular Hbond substituents is 1. The highest BCUT2D eigenvalue weighted by atomic mass is 16.3. The Labute approximate surface area is 144 Å². The first-order valence-corrected chi connectivity index (χ1v) is 7.96. The fourth-order valence-electron chi connectivity index (χ4n) is 2.84. The van der Waals surface area contributed by atoms with Gasteiger partial charge in [-0.05, 0) is 17.7 Å². The maximum Gasteiger partial charge on any atom is 0.183 e. The van der Waals surface area contributed by atoms with Crippen LogP contribution in [0.25, 0.3) is 22.6 Å². The summed E-state index contributed by atoms with van der Waals surface area (Å²) in [7, 11) is 1.98. The van der Waals surface area contributed by atoms with Crippen LogP contribution < -0.4 is 4.90 Å². The zero-order valence-corrected chi connectivity index (χ0v) is 13.7. The molecule has 0 fully saturated rings. The molecular formula is C19H17N5O. The summed E-state index contributed by atoms with van der Waals surface area (Å²) in [6.45, 7) is 0.720. The minimum absolute atomic E-state index is 0.175. The highest BCUT2D eigenvalue weighted by molar-refractivity contribution is 5.86. The SMILES string of the molecule is CN(Cc1ccccc1)c1ncnc2nc(-c3ccccc3O)[nH]c12. The van der Waals surface area contributed by atoms with Gasteiger partial charge >= 0.3 is 0 Å². The van der Waals surface area contributed by atoms with Crippen molar-refractivity contribution in [1.82, 2.24) is 19.9 Å². The van der Waals surface area contributed by atoms with Crippen LogP contribution in [-0.4, -0.2) is 32.1 Å². The highest BCUT2D eigenvalue weighted by Gasteiger charge is 2.15. The molecular weight excluding hydrogens is 314 g/mol.